The number of hydrogen-bond donors (Lipinski definition) is 3. The first kappa shape index (κ1) is 15.0. The number of hydrogen-bond acceptors (Lipinski definition) is 6. The number of piperidine rings is 1. The van der Waals surface area contributed by atoms with Crippen LogP contribution in [0.5, 0.6) is 0 Å². The van der Waals surface area contributed by atoms with Crippen LogP contribution >= 0.6 is 0 Å². The lowest BCUT2D eigenvalue weighted by Gasteiger charge is -2.30. The molecule has 0 bridgehead atoms. The molecule has 2 rings (SSSR count). The highest BCUT2D eigenvalue weighted by Crippen LogP contribution is 2.22. The normalized spacial score (nSPS) is 17.2. The first-order valence-corrected chi connectivity index (χ1v) is 7.43. The molecule has 0 atom stereocenters. The minimum absolute atomic E-state index is 0.486. The van der Waals surface area contributed by atoms with Crippen LogP contribution < -0.4 is 16.6 Å². The largest absolute Gasteiger partial charge is 0.367 e. The van der Waals surface area contributed by atoms with Crippen molar-refractivity contribution in [1.29, 1.82) is 0 Å². The van der Waals surface area contributed by atoms with Crippen molar-refractivity contribution < 1.29 is 0 Å². The van der Waals surface area contributed by atoms with E-state index in [0.717, 1.165) is 61.8 Å². The number of nitrogens with one attached hydrogen (secondary N) is 2. The quantitative estimate of drug-likeness (QED) is 0.560. The number of nitrogens with two attached hydrogens (primary N) is 1. The molecule has 0 spiro atoms. The van der Waals surface area contributed by atoms with E-state index in [2.05, 4.69) is 39.6 Å². The zero-order valence-corrected chi connectivity index (χ0v) is 12.7. The number of aromatic nitrogens is 2. The topological polar surface area (TPSA) is 79.1 Å². The summed E-state index contributed by atoms with van der Waals surface area (Å²) in [4.78, 5) is 11.5. The van der Waals surface area contributed by atoms with Gasteiger partial charge in [0.1, 0.15) is 17.5 Å². The standard InChI is InChI=1S/C14H26N6/c1-4-5-12-17-13(10(2)14(18-12)19-15)16-11-6-8-20(3)9-7-11/h11H,4-9,15H2,1-3H3,(H2,16,17,18,19). The molecule has 0 unspecified atom stereocenters. The van der Waals surface area contributed by atoms with E-state index >= 15 is 0 Å². The zero-order chi connectivity index (χ0) is 14.5. The summed E-state index contributed by atoms with van der Waals surface area (Å²) >= 11 is 0. The molecular formula is C14H26N6. The smallest absolute Gasteiger partial charge is 0.148 e. The molecule has 1 aromatic rings. The van der Waals surface area contributed by atoms with Gasteiger partial charge in [0.05, 0.1) is 0 Å². The summed E-state index contributed by atoms with van der Waals surface area (Å²) in [5.41, 5.74) is 3.67. The Labute approximate surface area is 121 Å². The monoisotopic (exact) mass is 278 g/mol. The van der Waals surface area contributed by atoms with Gasteiger partial charge in [0.25, 0.3) is 0 Å². The van der Waals surface area contributed by atoms with E-state index in [1.807, 2.05) is 6.92 Å². The van der Waals surface area contributed by atoms with Gasteiger partial charge in [-0.1, -0.05) is 6.92 Å². The Kier molecular flexibility index (Phi) is 5.14. The summed E-state index contributed by atoms with van der Waals surface area (Å²) in [6.45, 7) is 6.39. The van der Waals surface area contributed by atoms with Gasteiger partial charge >= 0.3 is 0 Å². The molecule has 1 aliphatic heterocycles. The van der Waals surface area contributed by atoms with Gasteiger partial charge in [-0.05, 0) is 46.3 Å². The van der Waals surface area contributed by atoms with Crippen molar-refractivity contribution in [3.05, 3.63) is 11.4 Å². The molecule has 0 amide bonds. The van der Waals surface area contributed by atoms with Crippen molar-refractivity contribution in [2.75, 3.05) is 30.9 Å². The third kappa shape index (κ3) is 3.58. The molecule has 6 heteroatoms. The highest BCUT2D eigenvalue weighted by molar-refractivity contribution is 5.57. The van der Waals surface area contributed by atoms with E-state index in [9.17, 15) is 0 Å². The molecule has 4 N–H and O–H groups in total. The maximum Gasteiger partial charge on any atom is 0.148 e. The third-order valence-corrected chi connectivity index (χ3v) is 3.86. The predicted molar refractivity (Wildman–Crippen MR) is 82.7 cm³/mol. The van der Waals surface area contributed by atoms with Gasteiger partial charge in [-0.2, -0.15) is 0 Å². The fraction of sp³-hybridized carbons (Fsp3) is 0.714. The molecule has 1 aromatic heterocycles. The number of nitrogen functional groups attached to an aromatic ring is 1. The zero-order valence-electron chi connectivity index (χ0n) is 12.7. The van der Waals surface area contributed by atoms with Gasteiger partial charge in [-0.3, -0.25) is 0 Å². The van der Waals surface area contributed by atoms with Crippen LogP contribution in [0, 0.1) is 6.92 Å². The number of aryl methyl sites for hydroxylation is 1. The van der Waals surface area contributed by atoms with Crippen LogP contribution in [0.4, 0.5) is 11.6 Å². The molecule has 1 aliphatic rings. The van der Waals surface area contributed by atoms with Crippen LogP contribution in [0.15, 0.2) is 0 Å². The number of anilines is 2. The Balaban J connectivity index is 2.14. The summed E-state index contributed by atoms with van der Waals surface area (Å²) in [6.07, 6.45) is 4.20. The van der Waals surface area contributed by atoms with Crippen molar-refractivity contribution in [3.8, 4) is 0 Å². The molecule has 0 radical (unpaired) electrons. The molecule has 112 valence electrons. The molecule has 0 aromatic carbocycles. The van der Waals surface area contributed by atoms with Crippen molar-refractivity contribution in [3.63, 3.8) is 0 Å². The molecule has 0 saturated carbocycles. The summed E-state index contributed by atoms with van der Waals surface area (Å²) in [7, 11) is 2.17. The second kappa shape index (κ2) is 6.85. The third-order valence-electron chi connectivity index (χ3n) is 3.86. The molecule has 1 saturated heterocycles. The second-order valence-corrected chi connectivity index (χ2v) is 5.58. The minimum Gasteiger partial charge on any atom is -0.367 e. The lowest BCUT2D eigenvalue weighted by Crippen LogP contribution is -2.37. The Morgan fingerprint density at radius 3 is 2.50 bits per heavy atom. The predicted octanol–water partition coefficient (Wildman–Crippen LogP) is 1.53. The van der Waals surface area contributed by atoms with Gasteiger partial charge in [-0.15, -0.1) is 0 Å². The second-order valence-electron chi connectivity index (χ2n) is 5.58. The van der Waals surface area contributed by atoms with Gasteiger partial charge in [0.15, 0.2) is 0 Å². The van der Waals surface area contributed by atoms with Gasteiger partial charge in [0.2, 0.25) is 0 Å². The molecule has 20 heavy (non-hydrogen) atoms. The highest BCUT2D eigenvalue weighted by atomic mass is 15.3. The maximum atomic E-state index is 5.56. The summed E-state index contributed by atoms with van der Waals surface area (Å²) in [6, 6.07) is 0.486. The molecule has 6 nitrogen and oxygen atoms in total. The summed E-state index contributed by atoms with van der Waals surface area (Å²) in [5, 5.41) is 3.57. The van der Waals surface area contributed by atoms with Crippen LogP contribution in [0.25, 0.3) is 0 Å². The summed E-state index contributed by atoms with van der Waals surface area (Å²) in [5.74, 6) is 8.05. The van der Waals surface area contributed by atoms with E-state index in [1.165, 1.54) is 0 Å². The van der Waals surface area contributed by atoms with Crippen molar-refractivity contribution in [1.82, 2.24) is 14.9 Å². The Hall–Kier alpha value is -1.40. The van der Waals surface area contributed by atoms with Gasteiger partial charge < -0.3 is 15.6 Å². The average molecular weight is 278 g/mol. The molecular weight excluding hydrogens is 252 g/mol. The van der Waals surface area contributed by atoms with Gasteiger partial charge in [-0.25, -0.2) is 15.8 Å². The van der Waals surface area contributed by atoms with Crippen LogP contribution in [0.1, 0.15) is 37.6 Å². The van der Waals surface area contributed by atoms with E-state index in [4.69, 9.17) is 5.84 Å². The fourth-order valence-corrected chi connectivity index (χ4v) is 2.53. The van der Waals surface area contributed by atoms with Crippen molar-refractivity contribution in [2.45, 2.75) is 45.6 Å². The van der Waals surface area contributed by atoms with E-state index < -0.39 is 0 Å². The number of likely N-dealkylation sites (tertiary alicyclic amines) is 1. The van der Waals surface area contributed by atoms with E-state index in [0.29, 0.717) is 6.04 Å². The molecule has 2 heterocycles. The lowest BCUT2D eigenvalue weighted by atomic mass is 10.1. The number of nitrogens with zero attached hydrogens (tertiary/aromatic N) is 3. The molecule has 0 aliphatic carbocycles. The molecule has 1 fully saturated rings. The van der Waals surface area contributed by atoms with Crippen LogP contribution in [0.2, 0.25) is 0 Å². The van der Waals surface area contributed by atoms with Crippen molar-refractivity contribution in [2.24, 2.45) is 5.84 Å². The van der Waals surface area contributed by atoms with Crippen LogP contribution in [-0.2, 0) is 6.42 Å². The lowest BCUT2D eigenvalue weighted by molar-refractivity contribution is 0.263. The Morgan fingerprint density at radius 1 is 1.25 bits per heavy atom. The van der Waals surface area contributed by atoms with Crippen LogP contribution in [-0.4, -0.2) is 41.0 Å². The minimum atomic E-state index is 0.486. The Morgan fingerprint density at radius 2 is 1.90 bits per heavy atom. The number of hydrazine groups is 1. The van der Waals surface area contributed by atoms with E-state index in [-0.39, 0.29) is 0 Å². The first-order valence-electron chi connectivity index (χ1n) is 7.43. The van der Waals surface area contributed by atoms with E-state index in [1.54, 1.807) is 0 Å². The van der Waals surface area contributed by atoms with Gasteiger partial charge in [0, 0.05) is 18.0 Å². The number of rotatable bonds is 5. The fourth-order valence-electron chi connectivity index (χ4n) is 2.53. The Bertz CT molecular complexity index is 440. The summed E-state index contributed by atoms with van der Waals surface area (Å²) < 4.78 is 0. The SMILES string of the molecule is CCCc1nc(NN)c(C)c(NC2CCN(C)CC2)n1. The highest BCUT2D eigenvalue weighted by Gasteiger charge is 2.19. The maximum absolute atomic E-state index is 5.56. The van der Waals surface area contributed by atoms with Crippen LogP contribution in [0.3, 0.4) is 0 Å². The first-order chi connectivity index (χ1) is 9.63. The average Bonchev–Trinajstić information content (AvgIpc) is 2.45. The van der Waals surface area contributed by atoms with Crippen molar-refractivity contribution >= 4 is 11.6 Å².